The number of hydrogen-bond donors (Lipinski definition) is 2. The SMILES string of the molecule is CCOC(=O)c1c(NCC2CC2)sc(C(=O)CC)c1N. The molecule has 20 heavy (non-hydrogen) atoms. The van der Waals surface area contributed by atoms with Crippen molar-refractivity contribution < 1.29 is 14.3 Å². The molecule has 2 rings (SSSR count). The Balaban J connectivity index is 2.29. The van der Waals surface area contributed by atoms with Crippen LogP contribution in [0.2, 0.25) is 0 Å². The Bertz CT molecular complexity index is 521. The van der Waals surface area contributed by atoms with E-state index >= 15 is 0 Å². The van der Waals surface area contributed by atoms with Gasteiger partial charge in [-0.05, 0) is 25.7 Å². The van der Waals surface area contributed by atoms with Crippen molar-refractivity contribution in [1.29, 1.82) is 0 Å². The van der Waals surface area contributed by atoms with Gasteiger partial charge in [-0.3, -0.25) is 4.79 Å². The third-order valence-electron chi connectivity index (χ3n) is 3.25. The van der Waals surface area contributed by atoms with Crippen molar-refractivity contribution >= 4 is 33.8 Å². The third-order valence-corrected chi connectivity index (χ3v) is 4.45. The molecule has 5 nitrogen and oxygen atoms in total. The van der Waals surface area contributed by atoms with Gasteiger partial charge in [0.25, 0.3) is 0 Å². The highest BCUT2D eigenvalue weighted by atomic mass is 32.1. The Hall–Kier alpha value is -1.56. The average Bonchev–Trinajstić information content (AvgIpc) is 3.19. The number of carbonyl (C=O) groups excluding carboxylic acids is 2. The smallest absolute Gasteiger partial charge is 0.343 e. The maximum absolute atomic E-state index is 12.0. The molecular weight excluding hydrogens is 276 g/mol. The molecule has 1 aromatic rings. The Labute approximate surface area is 122 Å². The van der Waals surface area contributed by atoms with Crippen LogP contribution >= 0.6 is 11.3 Å². The summed E-state index contributed by atoms with van der Waals surface area (Å²) in [5, 5.41) is 3.90. The van der Waals surface area contributed by atoms with E-state index < -0.39 is 5.97 Å². The molecule has 1 aromatic heterocycles. The molecule has 1 saturated carbocycles. The van der Waals surface area contributed by atoms with Crippen molar-refractivity contribution in [3.8, 4) is 0 Å². The first-order valence-corrected chi connectivity index (χ1v) is 7.76. The quantitative estimate of drug-likeness (QED) is 0.597. The van der Waals surface area contributed by atoms with Crippen LogP contribution in [-0.2, 0) is 4.74 Å². The van der Waals surface area contributed by atoms with Crippen LogP contribution in [0.4, 0.5) is 10.7 Å². The molecule has 0 aromatic carbocycles. The van der Waals surface area contributed by atoms with Gasteiger partial charge in [0.1, 0.15) is 10.6 Å². The third kappa shape index (κ3) is 3.12. The van der Waals surface area contributed by atoms with Gasteiger partial charge in [-0.1, -0.05) is 6.92 Å². The summed E-state index contributed by atoms with van der Waals surface area (Å²) in [6, 6.07) is 0. The number of thiophene rings is 1. The Morgan fingerprint density at radius 2 is 2.10 bits per heavy atom. The van der Waals surface area contributed by atoms with E-state index in [1.165, 1.54) is 24.2 Å². The number of nitrogen functional groups attached to an aromatic ring is 1. The first-order chi connectivity index (χ1) is 9.58. The Morgan fingerprint density at radius 1 is 1.40 bits per heavy atom. The first kappa shape index (κ1) is 14.8. The number of ether oxygens (including phenoxy) is 1. The number of rotatable bonds is 7. The summed E-state index contributed by atoms with van der Waals surface area (Å²) in [7, 11) is 0. The Kier molecular flexibility index (Phi) is 4.65. The molecular formula is C14H20N2O3S. The number of esters is 1. The molecule has 0 radical (unpaired) electrons. The maximum atomic E-state index is 12.0. The second-order valence-corrected chi connectivity index (χ2v) is 5.89. The van der Waals surface area contributed by atoms with Crippen molar-refractivity contribution in [2.24, 2.45) is 5.92 Å². The number of hydrogen-bond acceptors (Lipinski definition) is 6. The summed E-state index contributed by atoms with van der Waals surface area (Å²) in [6.07, 6.45) is 2.79. The van der Waals surface area contributed by atoms with Gasteiger partial charge in [0.2, 0.25) is 0 Å². The zero-order valence-electron chi connectivity index (χ0n) is 11.8. The van der Waals surface area contributed by atoms with E-state index in [-0.39, 0.29) is 18.1 Å². The number of Topliss-reactive ketones (excluding diaryl/α,β-unsaturated/α-hetero) is 1. The monoisotopic (exact) mass is 296 g/mol. The molecule has 0 amide bonds. The van der Waals surface area contributed by atoms with Crippen molar-refractivity contribution in [3.63, 3.8) is 0 Å². The highest BCUT2D eigenvalue weighted by Gasteiger charge is 2.27. The van der Waals surface area contributed by atoms with Gasteiger partial charge in [-0.2, -0.15) is 0 Å². The van der Waals surface area contributed by atoms with Gasteiger partial charge >= 0.3 is 5.97 Å². The summed E-state index contributed by atoms with van der Waals surface area (Å²) in [4.78, 5) is 24.4. The van der Waals surface area contributed by atoms with Crippen LogP contribution < -0.4 is 11.1 Å². The van der Waals surface area contributed by atoms with E-state index in [9.17, 15) is 9.59 Å². The van der Waals surface area contributed by atoms with Crippen molar-refractivity contribution in [2.45, 2.75) is 33.1 Å². The normalized spacial score (nSPS) is 14.1. The van der Waals surface area contributed by atoms with Crippen LogP contribution in [0, 0.1) is 5.92 Å². The van der Waals surface area contributed by atoms with E-state index in [1.807, 2.05) is 0 Å². The molecule has 6 heteroatoms. The molecule has 1 heterocycles. The van der Waals surface area contributed by atoms with E-state index in [2.05, 4.69) is 5.32 Å². The van der Waals surface area contributed by atoms with Crippen LogP contribution in [0.1, 0.15) is 53.1 Å². The summed E-state index contributed by atoms with van der Waals surface area (Å²) in [5.74, 6) is 0.158. The molecule has 0 aliphatic heterocycles. The van der Waals surface area contributed by atoms with Crippen LogP contribution in [0.25, 0.3) is 0 Å². The molecule has 0 atom stereocenters. The molecule has 0 spiro atoms. The van der Waals surface area contributed by atoms with Crippen LogP contribution in [0.3, 0.4) is 0 Å². The van der Waals surface area contributed by atoms with Crippen LogP contribution in [-0.4, -0.2) is 24.9 Å². The minimum Gasteiger partial charge on any atom is -0.462 e. The lowest BCUT2D eigenvalue weighted by atomic mass is 10.1. The molecule has 1 aliphatic rings. The highest BCUT2D eigenvalue weighted by molar-refractivity contribution is 7.19. The van der Waals surface area contributed by atoms with Crippen molar-refractivity contribution in [1.82, 2.24) is 0 Å². The van der Waals surface area contributed by atoms with Gasteiger partial charge in [-0.25, -0.2) is 4.79 Å². The number of nitrogens with one attached hydrogen (secondary N) is 1. The lowest BCUT2D eigenvalue weighted by molar-refractivity contribution is 0.0529. The first-order valence-electron chi connectivity index (χ1n) is 6.94. The lowest BCUT2D eigenvalue weighted by Crippen LogP contribution is -2.11. The molecule has 0 saturated heterocycles. The van der Waals surface area contributed by atoms with E-state index in [0.29, 0.717) is 27.8 Å². The predicted octanol–water partition coefficient (Wildman–Crippen LogP) is 2.92. The van der Waals surface area contributed by atoms with E-state index in [4.69, 9.17) is 10.5 Å². The summed E-state index contributed by atoms with van der Waals surface area (Å²) in [5.41, 5.74) is 6.55. The molecule has 1 aliphatic carbocycles. The largest absolute Gasteiger partial charge is 0.462 e. The molecule has 1 fully saturated rings. The van der Waals surface area contributed by atoms with Crippen molar-refractivity contribution in [3.05, 3.63) is 10.4 Å². The van der Waals surface area contributed by atoms with Gasteiger partial charge in [0, 0.05) is 13.0 Å². The number of carbonyl (C=O) groups is 2. The topological polar surface area (TPSA) is 81.4 Å². The van der Waals surface area contributed by atoms with Gasteiger partial charge in [0.05, 0.1) is 17.2 Å². The number of ketones is 1. The molecule has 3 N–H and O–H groups in total. The Morgan fingerprint density at radius 3 is 2.65 bits per heavy atom. The minimum atomic E-state index is -0.463. The fourth-order valence-corrected chi connectivity index (χ4v) is 3.03. The number of anilines is 2. The highest BCUT2D eigenvalue weighted by Crippen LogP contribution is 2.38. The number of nitrogens with two attached hydrogens (primary N) is 1. The fraction of sp³-hybridized carbons (Fsp3) is 0.571. The lowest BCUT2D eigenvalue weighted by Gasteiger charge is -2.06. The van der Waals surface area contributed by atoms with Crippen LogP contribution in [0.15, 0.2) is 0 Å². The second kappa shape index (κ2) is 6.26. The van der Waals surface area contributed by atoms with E-state index in [1.54, 1.807) is 13.8 Å². The maximum Gasteiger partial charge on any atom is 0.343 e. The van der Waals surface area contributed by atoms with Crippen molar-refractivity contribution in [2.75, 3.05) is 24.2 Å². The average molecular weight is 296 g/mol. The van der Waals surface area contributed by atoms with Gasteiger partial charge in [0.15, 0.2) is 5.78 Å². The zero-order valence-corrected chi connectivity index (χ0v) is 12.6. The summed E-state index contributed by atoms with van der Waals surface area (Å²) in [6.45, 7) is 4.62. The van der Waals surface area contributed by atoms with Gasteiger partial charge in [-0.15, -0.1) is 11.3 Å². The van der Waals surface area contributed by atoms with Crippen LogP contribution in [0.5, 0.6) is 0 Å². The van der Waals surface area contributed by atoms with E-state index in [0.717, 1.165) is 6.54 Å². The second-order valence-electron chi connectivity index (χ2n) is 4.87. The standard InChI is InChI=1S/C14H20N2O3S/c1-3-9(17)12-11(15)10(14(18)19-4-2)13(20-12)16-7-8-5-6-8/h8,16H,3-7,15H2,1-2H3. The zero-order chi connectivity index (χ0) is 14.7. The summed E-state index contributed by atoms with van der Waals surface area (Å²) >= 11 is 1.26. The summed E-state index contributed by atoms with van der Waals surface area (Å²) < 4.78 is 5.04. The fourth-order valence-electron chi connectivity index (χ4n) is 1.90. The minimum absolute atomic E-state index is 0.0440. The van der Waals surface area contributed by atoms with Gasteiger partial charge < -0.3 is 15.8 Å². The molecule has 110 valence electrons. The molecule has 0 bridgehead atoms. The predicted molar refractivity (Wildman–Crippen MR) is 80.5 cm³/mol. The molecule has 0 unspecified atom stereocenters.